The first-order valence-electron chi connectivity index (χ1n) is 16.3. The van der Waals surface area contributed by atoms with Crippen LogP contribution in [0.3, 0.4) is 0 Å². The van der Waals surface area contributed by atoms with Gasteiger partial charge in [-0.15, -0.1) is 27.9 Å². The van der Waals surface area contributed by atoms with Crippen LogP contribution in [0.25, 0.3) is 33.9 Å². The highest BCUT2D eigenvalue weighted by Crippen LogP contribution is 2.45. The summed E-state index contributed by atoms with van der Waals surface area (Å²) in [5.74, 6) is 0.445. The largest absolute Gasteiger partial charge is 0.368 e. The number of nitriles is 2. The summed E-state index contributed by atoms with van der Waals surface area (Å²) in [6.45, 7) is 0. The molecule has 2 aliphatic heterocycles. The van der Waals surface area contributed by atoms with E-state index in [1.165, 1.54) is 83.3 Å². The molecule has 0 saturated carbocycles. The first kappa shape index (κ1) is 38.4. The monoisotopic (exact) mass is 827 g/mol. The minimum Gasteiger partial charge on any atom is -0.368 e. The fourth-order valence-corrected chi connectivity index (χ4v) is 9.57. The fourth-order valence-electron chi connectivity index (χ4n) is 5.95. The van der Waals surface area contributed by atoms with Gasteiger partial charge in [-0.1, -0.05) is 0 Å². The van der Waals surface area contributed by atoms with E-state index >= 15 is 0 Å². The summed E-state index contributed by atoms with van der Waals surface area (Å²) in [5, 5.41) is 32.8. The first-order valence-corrected chi connectivity index (χ1v) is 21.2. The molecule has 13 nitrogen and oxygen atoms in total. The molecule has 0 spiro atoms. The normalized spacial score (nSPS) is 13.0. The summed E-state index contributed by atoms with van der Waals surface area (Å²) in [7, 11) is -4.27. The molecule has 0 radical (unpaired) electrons. The number of hydrogen-bond acceptors (Lipinski definition) is 10. The van der Waals surface area contributed by atoms with Gasteiger partial charge in [-0.2, -0.15) is 29.1 Å². The molecule has 2 aromatic heterocycles. The molecule has 0 fully saturated rings. The van der Waals surface area contributed by atoms with E-state index in [2.05, 4.69) is 26.7 Å². The summed E-state index contributed by atoms with van der Waals surface area (Å²) < 4.78 is 81.6. The third kappa shape index (κ3) is 7.42. The van der Waals surface area contributed by atoms with Crippen LogP contribution in [-0.4, -0.2) is 61.7 Å². The standard InChI is InChI=1S/C20H16FN5O2S2.C17H11FN4O2S2/c1-25(2)12-23-30(27,28)16-6-4-15(5-7-16)26-19-17-8-3-14(21)9-13(17)11-29-20(19)18(10-22)24-26;18-11-1-6-14-10(7-11)9-25-17-15(8-19)21-22(16(14)17)12-2-4-13(5-3-12)26(20,23)24/h3-9,12H,11H2,1-2H3;1-7H,9H2,(H2,20,23,24)/b23-12-;. The molecule has 4 heterocycles. The van der Waals surface area contributed by atoms with Crippen LogP contribution in [0.2, 0.25) is 0 Å². The van der Waals surface area contributed by atoms with Crippen molar-refractivity contribution in [1.82, 2.24) is 24.5 Å². The van der Waals surface area contributed by atoms with Crippen molar-refractivity contribution in [1.29, 1.82) is 10.5 Å². The fraction of sp³-hybridized carbons (Fsp3) is 0.108. The van der Waals surface area contributed by atoms with Crippen LogP contribution >= 0.6 is 23.5 Å². The van der Waals surface area contributed by atoms with Crippen LogP contribution in [0.1, 0.15) is 22.5 Å². The number of nitrogens with two attached hydrogens (primary N) is 1. The van der Waals surface area contributed by atoms with Crippen LogP contribution in [0.15, 0.2) is 109 Å². The van der Waals surface area contributed by atoms with Crippen molar-refractivity contribution in [2.75, 3.05) is 14.1 Å². The van der Waals surface area contributed by atoms with E-state index < -0.39 is 20.0 Å². The zero-order chi connectivity index (χ0) is 39.9. The minimum absolute atomic E-state index is 0.0142. The number of thioether (sulfide) groups is 2. The molecule has 2 N–H and O–H groups in total. The van der Waals surface area contributed by atoms with Gasteiger partial charge < -0.3 is 4.90 Å². The van der Waals surface area contributed by atoms with Gasteiger partial charge in [-0.05, 0) is 96.1 Å². The lowest BCUT2D eigenvalue weighted by atomic mass is 10.0. The van der Waals surface area contributed by atoms with E-state index in [4.69, 9.17) is 5.14 Å². The molecule has 0 unspecified atom stereocenters. The quantitative estimate of drug-likeness (QED) is 0.148. The maximum atomic E-state index is 13.7. The van der Waals surface area contributed by atoms with Gasteiger partial charge in [0.2, 0.25) is 10.0 Å². The van der Waals surface area contributed by atoms with E-state index in [-0.39, 0.29) is 32.8 Å². The third-order valence-corrected chi connectivity index (χ3v) is 12.9. The van der Waals surface area contributed by atoms with Gasteiger partial charge in [-0.25, -0.2) is 31.7 Å². The van der Waals surface area contributed by atoms with Crippen molar-refractivity contribution in [3.8, 4) is 46.0 Å². The highest BCUT2D eigenvalue weighted by atomic mass is 32.2. The Kier molecular flexibility index (Phi) is 10.3. The van der Waals surface area contributed by atoms with Crippen molar-refractivity contribution in [2.45, 2.75) is 31.1 Å². The molecule has 282 valence electrons. The molecule has 8 rings (SSSR count). The minimum atomic E-state index is -3.82. The second-order valence-electron chi connectivity index (χ2n) is 12.5. The number of benzene rings is 4. The van der Waals surface area contributed by atoms with Crippen LogP contribution in [0, 0.1) is 34.3 Å². The second kappa shape index (κ2) is 15.0. The molecular formula is C37H27F2N9O4S4. The summed E-state index contributed by atoms with van der Waals surface area (Å²) in [6.07, 6.45) is 1.22. The molecule has 4 aromatic carbocycles. The summed E-state index contributed by atoms with van der Waals surface area (Å²) in [4.78, 5) is 3.01. The SMILES string of the molecule is CN(C)/C=N\S(=O)(=O)c1ccc(-n2nc(C#N)c3c2-c2ccc(F)cc2CS3)cc1.N#Cc1nn(-c2ccc(S(N)(=O)=O)cc2)c2c1SCc1cc(F)ccc1-2. The van der Waals surface area contributed by atoms with Crippen molar-refractivity contribution < 1.29 is 25.6 Å². The predicted molar refractivity (Wildman–Crippen MR) is 207 cm³/mol. The lowest BCUT2D eigenvalue weighted by Gasteiger charge is -2.18. The van der Waals surface area contributed by atoms with Crippen molar-refractivity contribution >= 4 is 49.9 Å². The molecule has 19 heteroatoms. The number of halogens is 2. The Hall–Kier alpha value is -5.83. The molecule has 0 atom stereocenters. The van der Waals surface area contributed by atoms with Crippen molar-refractivity contribution in [3.05, 3.63) is 119 Å². The summed E-state index contributed by atoms with van der Waals surface area (Å²) >= 11 is 2.86. The van der Waals surface area contributed by atoms with Gasteiger partial charge in [0.1, 0.15) is 30.1 Å². The van der Waals surface area contributed by atoms with Gasteiger partial charge >= 0.3 is 0 Å². The van der Waals surface area contributed by atoms with Crippen LogP contribution in [0.5, 0.6) is 0 Å². The average molecular weight is 828 g/mol. The van der Waals surface area contributed by atoms with Crippen LogP contribution in [-0.2, 0) is 31.6 Å². The molecular weight excluding hydrogens is 801 g/mol. The number of rotatable bonds is 6. The number of sulfonamides is 2. The number of hydrogen-bond donors (Lipinski definition) is 1. The molecule has 0 aliphatic carbocycles. The molecule has 2 aliphatic rings. The first-order chi connectivity index (χ1) is 26.7. The van der Waals surface area contributed by atoms with E-state index in [0.717, 1.165) is 32.0 Å². The maximum Gasteiger partial charge on any atom is 0.283 e. The average Bonchev–Trinajstić information content (AvgIpc) is 3.76. The third-order valence-electron chi connectivity index (χ3n) is 8.49. The van der Waals surface area contributed by atoms with E-state index in [0.29, 0.717) is 34.3 Å². The molecule has 56 heavy (non-hydrogen) atoms. The van der Waals surface area contributed by atoms with Crippen molar-refractivity contribution in [2.24, 2.45) is 9.54 Å². The van der Waals surface area contributed by atoms with Crippen molar-refractivity contribution in [3.63, 3.8) is 0 Å². The van der Waals surface area contributed by atoms with Crippen LogP contribution in [0.4, 0.5) is 8.78 Å². The second-order valence-corrected chi connectivity index (χ2v) is 17.6. The van der Waals surface area contributed by atoms with E-state index in [9.17, 15) is 36.1 Å². The van der Waals surface area contributed by atoms with Gasteiger partial charge in [-0.3, -0.25) is 0 Å². The Morgan fingerprint density at radius 2 is 1.16 bits per heavy atom. The number of fused-ring (bicyclic) bond motifs is 6. The smallest absolute Gasteiger partial charge is 0.283 e. The van der Waals surface area contributed by atoms with E-state index in [1.807, 2.05) is 0 Å². The summed E-state index contributed by atoms with van der Waals surface area (Å²) in [5.41, 5.74) is 6.32. The zero-order valence-corrected chi connectivity index (χ0v) is 32.5. The number of aromatic nitrogens is 4. The molecule has 0 bridgehead atoms. The molecule has 0 saturated heterocycles. The molecule has 0 amide bonds. The van der Waals surface area contributed by atoms with Gasteiger partial charge in [0.05, 0.1) is 42.3 Å². The predicted octanol–water partition coefficient (Wildman–Crippen LogP) is 6.24. The van der Waals surface area contributed by atoms with Gasteiger partial charge in [0.25, 0.3) is 10.0 Å². The number of nitrogens with zero attached hydrogens (tertiary/aromatic N) is 8. The lowest BCUT2D eigenvalue weighted by molar-refractivity contribution is 0.594. The number of primary sulfonamides is 1. The highest BCUT2D eigenvalue weighted by Gasteiger charge is 2.29. The van der Waals surface area contributed by atoms with Crippen LogP contribution < -0.4 is 5.14 Å². The Balaban J connectivity index is 0.000000173. The van der Waals surface area contributed by atoms with E-state index in [1.54, 1.807) is 59.9 Å². The Morgan fingerprint density at radius 1 is 0.732 bits per heavy atom. The topological polar surface area (TPSA) is 193 Å². The Labute approximate surface area is 328 Å². The Morgan fingerprint density at radius 3 is 1.55 bits per heavy atom. The Bertz CT molecular complexity index is 2880. The molecule has 6 aromatic rings. The highest BCUT2D eigenvalue weighted by molar-refractivity contribution is 7.99. The van der Waals surface area contributed by atoms with Gasteiger partial charge in [0.15, 0.2) is 11.4 Å². The zero-order valence-electron chi connectivity index (χ0n) is 29.3. The van der Waals surface area contributed by atoms with Gasteiger partial charge in [0, 0.05) is 36.7 Å². The maximum absolute atomic E-state index is 13.7. The summed E-state index contributed by atoms with van der Waals surface area (Å²) in [6, 6.07) is 25.2. The lowest BCUT2D eigenvalue weighted by Crippen LogP contribution is -2.12.